The highest BCUT2D eigenvalue weighted by molar-refractivity contribution is 5.85. The maximum Gasteiger partial charge on any atom is 0.167 e. The van der Waals surface area contributed by atoms with Crippen molar-refractivity contribution in [1.29, 1.82) is 0 Å². The highest BCUT2D eigenvalue weighted by Crippen LogP contribution is 2.12. The van der Waals surface area contributed by atoms with E-state index in [0.717, 1.165) is 5.56 Å². The predicted molar refractivity (Wildman–Crippen MR) is 76.5 cm³/mol. The van der Waals surface area contributed by atoms with Crippen molar-refractivity contribution in [3.05, 3.63) is 35.9 Å². The summed E-state index contributed by atoms with van der Waals surface area (Å²) in [4.78, 5) is 11.7. The highest BCUT2D eigenvalue weighted by atomic mass is 16.4. The molecule has 0 spiro atoms. The normalized spacial score (nSPS) is 17.4. The lowest BCUT2D eigenvalue weighted by Crippen LogP contribution is -2.46. The molecule has 0 radical (unpaired) electrons. The molecule has 0 aliphatic heterocycles. The van der Waals surface area contributed by atoms with Gasteiger partial charge in [-0.15, -0.1) is 0 Å². The van der Waals surface area contributed by atoms with Crippen LogP contribution in [0.4, 0.5) is 0 Å². The highest BCUT2D eigenvalue weighted by Gasteiger charge is 2.31. The summed E-state index contributed by atoms with van der Waals surface area (Å²) in [6, 6.07) is 6.30. The third kappa shape index (κ3) is 5.28. The molecule has 6 nitrogen and oxygen atoms in total. The van der Waals surface area contributed by atoms with Gasteiger partial charge in [-0.05, 0) is 24.6 Å². The summed E-state index contributed by atoms with van der Waals surface area (Å²) >= 11 is 0. The molecule has 6 heteroatoms. The average Bonchev–Trinajstić information content (AvgIpc) is 2.46. The monoisotopic (exact) mass is 296 g/mol. The Morgan fingerprint density at radius 3 is 2.19 bits per heavy atom. The van der Waals surface area contributed by atoms with Crippen molar-refractivity contribution in [3.63, 3.8) is 0 Å². The summed E-state index contributed by atoms with van der Waals surface area (Å²) < 4.78 is 0. The van der Waals surface area contributed by atoms with E-state index >= 15 is 0 Å². The van der Waals surface area contributed by atoms with E-state index in [-0.39, 0.29) is 12.2 Å². The van der Waals surface area contributed by atoms with Gasteiger partial charge in [0, 0.05) is 6.42 Å². The number of benzene rings is 1. The first-order valence-electron chi connectivity index (χ1n) is 6.53. The Bertz CT molecular complexity index is 479. The Hall–Kier alpha value is -1.73. The van der Waals surface area contributed by atoms with Crippen molar-refractivity contribution in [2.75, 3.05) is 0 Å². The van der Waals surface area contributed by atoms with Gasteiger partial charge in [-0.2, -0.15) is 0 Å². The predicted octanol–water partition coefficient (Wildman–Crippen LogP) is -0.172. The molecule has 1 aromatic carbocycles. The number of hydrogen-bond donors (Lipinski definition) is 5. The topological polar surface area (TPSA) is 118 Å². The lowest BCUT2D eigenvalue weighted by Gasteiger charge is -2.23. The zero-order valence-electron chi connectivity index (χ0n) is 11.6. The quantitative estimate of drug-likeness (QED) is 0.477. The van der Waals surface area contributed by atoms with Crippen LogP contribution in [-0.4, -0.2) is 55.7 Å². The van der Waals surface area contributed by atoms with Gasteiger partial charge in [0.2, 0.25) is 0 Å². The van der Waals surface area contributed by atoms with E-state index in [4.69, 9.17) is 10.2 Å². The van der Waals surface area contributed by atoms with Crippen molar-refractivity contribution >= 4 is 11.9 Å². The number of phenolic OH excluding ortho intramolecular Hbond substituents is 1. The molecule has 1 rings (SSSR count). The number of Topliss-reactive ketones (excluding diaryl/α,β-unsaturated/α-hetero) is 1. The minimum Gasteiger partial charge on any atom is -0.508 e. The van der Waals surface area contributed by atoms with Crippen molar-refractivity contribution in [2.24, 2.45) is 0 Å². The molecule has 4 atom stereocenters. The number of aromatic hydroxyl groups is 1. The van der Waals surface area contributed by atoms with E-state index in [1.807, 2.05) is 0 Å². The number of phenols is 1. The number of carbonyl (C=O) groups excluding carboxylic acids is 1. The van der Waals surface area contributed by atoms with Crippen LogP contribution in [0, 0.1) is 0 Å². The van der Waals surface area contributed by atoms with Crippen LogP contribution in [0.3, 0.4) is 0 Å². The molecular formula is C15H20O6. The zero-order chi connectivity index (χ0) is 16.0. The first kappa shape index (κ1) is 17.3. The van der Waals surface area contributed by atoms with Crippen molar-refractivity contribution < 1.29 is 30.3 Å². The molecule has 0 bridgehead atoms. The van der Waals surface area contributed by atoms with Gasteiger partial charge in [0.05, 0.1) is 6.10 Å². The molecule has 0 aliphatic rings. The van der Waals surface area contributed by atoms with Crippen LogP contribution in [0.2, 0.25) is 0 Å². The lowest BCUT2D eigenvalue weighted by atomic mass is 9.99. The fraction of sp³-hybridized carbons (Fsp3) is 0.400. The summed E-state index contributed by atoms with van der Waals surface area (Å²) in [5, 5.41) is 46.8. The molecule has 116 valence electrons. The molecule has 0 heterocycles. The van der Waals surface area contributed by atoms with Gasteiger partial charge in [-0.3, -0.25) is 4.79 Å². The van der Waals surface area contributed by atoms with E-state index in [1.165, 1.54) is 25.1 Å². The van der Waals surface area contributed by atoms with Gasteiger partial charge in [0.25, 0.3) is 0 Å². The van der Waals surface area contributed by atoms with Crippen molar-refractivity contribution in [3.8, 4) is 5.75 Å². The Labute approximate surface area is 122 Å². The summed E-state index contributed by atoms with van der Waals surface area (Å²) in [7, 11) is 0. The van der Waals surface area contributed by atoms with Crippen LogP contribution < -0.4 is 0 Å². The van der Waals surface area contributed by atoms with E-state index < -0.39 is 30.2 Å². The Morgan fingerprint density at radius 2 is 1.67 bits per heavy atom. The van der Waals surface area contributed by atoms with Crippen molar-refractivity contribution in [2.45, 2.75) is 37.8 Å². The second-order valence-corrected chi connectivity index (χ2v) is 4.83. The zero-order valence-corrected chi connectivity index (χ0v) is 11.6. The second-order valence-electron chi connectivity index (χ2n) is 4.83. The van der Waals surface area contributed by atoms with Crippen LogP contribution in [0.1, 0.15) is 18.9 Å². The van der Waals surface area contributed by atoms with E-state index in [9.17, 15) is 20.1 Å². The summed E-state index contributed by atoms with van der Waals surface area (Å²) in [5.74, 6) is -0.536. The molecule has 0 unspecified atom stereocenters. The number of ketones is 1. The first-order chi connectivity index (χ1) is 9.82. The number of aliphatic hydroxyl groups is 4. The standard InChI is InChI=1S/C15H20O6/c1-9(16)13(19)15(21)14(20)12(18)4-2-3-10-5-7-11(17)8-6-10/h2-3,5-9,13-17,19-21H,4H2,1H3/b3-2+/t9-,13-,14-,15+/m0/s1. The van der Waals surface area contributed by atoms with Crippen LogP contribution >= 0.6 is 0 Å². The lowest BCUT2D eigenvalue weighted by molar-refractivity contribution is -0.143. The Balaban J connectivity index is 2.54. The molecular weight excluding hydrogens is 276 g/mol. The van der Waals surface area contributed by atoms with Gasteiger partial charge < -0.3 is 25.5 Å². The average molecular weight is 296 g/mol. The van der Waals surface area contributed by atoms with Gasteiger partial charge in [0.15, 0.2) is 5.78 Å². The van der Waals surface area contributed by atoms with Crippen molar-refractivity contribution in [1.82, 2.24) is 0 Å². The molecule has 0 saturated carbocycles. The third-order valence-corrected chi connectivity index (χ3v) is 3.02. The number of rotatable bonds is 7. The second kappa shape index (κ2) is 7.90. The minimum atomic E-state index is -1.76. The number of carbonyl (C=O) groups is 1. The van der Waals surface area contributed by atoms with E-state index in [1.54, 1.807) is 18.2 Å². The van der Waals surface area contributed by atoms with Crippen LogP contribution in [0.25, 0.3) is 6.08 Å². The maximum atomic E-state index is 11.7. The molecule has 5 N–H and O–H groups in total. The van der Waals surface area contributed by atoms with Gasteiger partial charge >= 0.3 is 0 Å². The number of hydrogen-bond acceptors (Lipinski definition) is 6. The van der Waals surface area contributed by atoms with Crippen LogP contribution in [0.15, 0.2) is 30.3 Å². The Morgan fingerprint density at radius 1 is 1.10 bits per heavy atom. The molecule has 0 aromatic heterocycles. The number of allylic oxidation sites excluding steroid dienone is 1. The summed E-state index contributed by atoms with van der Waals surface area (Å²) in [6.07, 6.45) is -3.36. The SMILES string of the molecule is C[C@H](O)[C@H](O)[C@@H](O)[C@@H](O)C(=O)C/C=C/c1ccc(O)cc1. The number of aliphatic hydroxyl groups excluding tert-OH is 4. The smallest absolute Gasteiger partial charge is 0.167 e. The minimum absolute atomic E-state index is 0.133. The fourth-order valence-corrected chi connectivity index (χ4v) is 1.68. The molecule has 0 aliphatic carbocycles. The molecule has 1 aromatic rings. The van der Waals surface area contributed by atoms with E-state index in [2.05, 4.69) is 0 Å². The van der Waals surface area contributed by atoms with E-state index in [0.29, 0.717) is 0 Å². The van der Waals surface area contributed by atoms with Crippen LogP contribution in [0.5, 0.6) is 5.75 Å². The summed E-state index contributed by atoms with van der Waals surface area (Å²) in [6.45, 7) is 1.25. The Kier molecular flexibility index (Phi) is 6.51. The molecule has 0 saturated heterocycles. The molecule has 0 amide bonds. The van der Waals surface area contributed by atoms with Gasteiger partial charge in [-0.25, -0.2) is 0 Å². The molecule has 0 fully saturated rings. The fourth-order valence-electron chi connectivity index (χ4n) is 1.68. The first-order valence-corrected chi connectivity index (χ1v) is 6.53. The third-order valence-electron chi connectivity index (χ3n) is 3.02. The van der Waals surface area contributed by atoms with Gasteiger partial charge in [0.1, 0.15) is 24.1 Å². The summed E-state index contributed by atoms with van der Waals surface area (Å²) in [5.41, 5.74) is 0.764. The molecule has 21 heavy (non-hydrogen) atoms. The largest absolute Gasteiger partial charge is 0.508 e. The van der Waals surface area contributed by atoms with Crippen LogP contribution in [-0.2, 0) is 4.79 Å². The maximum absolute atomic E-state index is 11.7. The van der Waals surface area contributed by atoms with Gasteiger partial charge in [-0.1, -0.05) is 24.3 Å².